The van der Waals surface area contributed by atoms with Crippen molar-refractivity contribution in [2.75, 3.05) is 18.0 Å². The Labute approximate surface area is 149 Å². The predicted octanol–water partition coefficient (Wildman–Crippen LogP) is 4.51. The Bertz CT molecular complexity index is 692. The number of aliphatic hydroxyl groups excluding tert-OH is 1. The standard InChI is InChI=1S/C21H27FN2O/c1-15-11-17(21(25)18-5-3-9-23-13-18)6-4-10-24(14-15)19-7-8-20(22)16(2)12-19/h3,5,7-9,12-13,15,17,21,25H,4,6,10-11,14H2,1-2H3. The van der Waals surface area contributed by atoms with Crippen LogP contribution in [0.5, 0.6) is 0 Å². The van der Waals surface area contributed by atoms with E-state index >= 15 is 0 Å². The Kier molecular flexibility index (Phi) is 5.69. The van der Waals surface area contributed by atoms with Crippen molar-refractivity contribution in [1.82, 2.24) is 4.98 Å². The Morgan fingerprint density at radius 2 is 2.16 bits per heavy atom. The summed E-state index contributed by atoms with van der Waals surface area (Å²) in [6.07, 6.45) is 6.03. The zero-order valence-electron chi connectivity index (χ0n) is 15.0. The highest BCUT2D eigenvalue weighted by Crippen LogP contribution is 2.33. The summed E-state index contributed by atoms with van der Waals surface area (Å²) in [5.41, 5.74) is 2.69. The van der Waals surface area contributed by atoms with E-state index in [4.69, 9.17) is 0 Å². The van der Waals surface area contributed by atoms with Crippen molar-refractivity contribution in [3.63, 3.8) is 0 Å². The van der Waals surface area contributed by atoms with E-state index in [1.165, 1.54) is 0 Å². The van der Waals surface area contributed by atoms with Gasteiger partial charge in [0.1, 0.15) is 5.82 Å². The molecule has 2 heterocycles. The number of hydrogen-bond donors (Lipinski definition) is 1. The van der Waals surface area contributed by atoms with Crippen molar-refractivity contribution in [2.45, 2.75) is 39.2 Å². The third-order valence-corrected chi connectivity index (χ3v) is 5.22. The van der Waals surface area contributed by atoms with Gasteiger partial charge in [0.15, 0.2) is 0 Å². The lowest BCUT2D eigenvalue weighted by molar-refractivity contribution is 0.0846. The van der Waals surface area contributed by atoms with Gasteiger partial charge in [-0.05, 0) is 73.4 Å². The molecule has 0 bridgehead atoms. The van der Waals surface area contributed by atoms with Crippen molar-refractivity contribution in [3.05, 3.63) is 59.7 Å². The fourth-order valence-corrected chi connectivity index (χ4v) is 3.89. The number of aryl methyl sites for hydroxylation is 1. The molecule has 1 fully saturated rings. The Balaban J connectivity index is 1.68. The van der Waals surface area contributed by atoms with Crippen molar-refractivity contribution in [2.24, 2.45) is 11.8 Å². The van der Waals surface area contributed by atoms with Gasteiger partial charge in [0.25, 0.3) is 0 Å². The lowest BCUT2D eigenvalue weighted by Gasteiger charge is -2.35. The zero-order valence-corrected chi connectivity index (χ0v) is 15.0. The molecule has 1 aliphatic heterocycles. The summed E-state index contributed by atoms with van der Waals surface area (Å²) in [5, 5.41) is 10.7. The van der Waals surface area contributed by atoms with Crippen LogP contribution < -0.4 is 4.90 Å². The minimum absolute atomic E-state index is 0.150. The molecule has 0 radical (unpaired) electrons. The molecule has 3 unspecified atom stereocenters. The van der Waals surface area contributed by atoms with Crippen molar-refractivity contribution < 1.29 is 9.50 Å². The molecule has 1 saturated heterocycles. The third-order valence-electron chi connectivity index (χ3n) is 5.22. The van der Waals surface area contributed by atoms with Gasteiger partial charge in [-0.3, -0.25) is 4.98 Å². The highest BCUT2D eigenvalue weighted by molar-refractivity contribution is 5.49. The zero-order chi connectivity index (χ0) is 17.8. The molecule has 1 aliphatic rings. The number of benzene rings is 1. The van der Waals surface area contributed by atoms with Gasteiger partial charge in [0, 0.05) is 31.2 Å². The van der Waals surface area contributed by atoms with Crippen LogP contribution in [0, 0.1) is 24.6 Å². The Hall–Kier alpha value is -1.94. The number of aliphatic hydroxyl groups is 1. The summed E-state index contributed by atoms with van der Waals surface area (Å²) in [7, 11) is 0. The Morgan fingerprint density at radius 3 is 2.88 bits per heavy atom. The molecule has 0 saturated carbocycles. The SMILES string of the molecule is Cc1cc(N2CCCC(C(O)c3cccnc3)CC(C)C2)ccc1F. The number of nitrogens with zero attached hydrogens (tertiary/aromatic N) is 2. The topological polar surface area (TPSA) is 36.4 Å². The third kappa shape index (κ3) is 4.37. The molecule has 0 spiro atoms. The van der Waals surface area contributed by atoms with E-state index < -0.39 is 6.10 Å². The molecule has 4 heteroatoms. The van der Waals surface area contributed by atoms with Gasteiger partial charge < -0.3 is 10.0 Å². The van der Waals surface area contributed by atoms with E-state index in [2.05, 4.69) is 16.8 Å². The minimum atomic E-state index is -0.448. The van der Waals surface area contributed by atoms with Crippen molar-refractivity contribution in [1.29, 1.82) is 0 Å². The van der Waals surface area contributed by atoms with Crippen LogP contribution in [-0.2, 0) is 0 Å². The summed E-state index contributed by atoms with van der Waals surface area (Å²) in [6, 6.07) is 9.20. The molecule has 3 nitrogen and oxygen atoms in total. The van der Waals surface area contributed by atoms with Gasteiger partial charge in [-0.1, -0.05) is 13.0 Å². The largest absolute Gasteiger partial charge is 0.388 e. The van der Waals surface area contributed by atoms with E-state index in [1.54, 1.807) is 18.5 Å². The Morgan fingerprint density at radius 1 is 1.32 bits per heavy atom. The van der Waals surface area contributed by atoms with E-state index in [-0.39, 0.29) is 11.7 Å². The first-order chi connectivity index (χ1) is 12.0. The summed E-state index contributed by atoms with van der Waals surface area (Å²) in [4.78, 5) is 6.48. The van der Waals surface area contributed by atoms with Crippen molar-refractivity contribution in [3.8, 4) is 0 Å². The maximum absolute atomic E-state index is 13.5. The molecular formula is C21H27FN2O. The molecular weight excluding hydrogens is 315 g/mol. The molecule has 3 rings (SSSR count). The van der Waals surface area contributed by atoms with Crippen LogP contribution in [-0.4, -0.2) is 23.2 Å². The van der Waals surface area contributed by atoms with Gasteiger partial charge in [0.05, 0.1) is 6.10 Å². The lowest BCUT2D eigenvalue weighted by atomic mass is 9.83. The molecule has 1 N–H and O–H groups in total. The maximum atomic E-state index is 13.5. The van der Waals surface area contributed by atoms with Gasteiger partial charge in [-0.25, -0.2) is 4.39 Å². The fourth-order valence-electron chi connectivity index (χ4n) is 3.89. The van der Waals surface area contributed by atoms with E-state index in [9.17, 15) is 9.50 Å². The number of aromatic nitrogens is 1. The monoisotopic (exact) mass is 342 g/mol. The summed E-state index contributed by atoms with van der Waals surface area (Å²) < 4.78 is 13.5. The highest BCUT2D eigenvalue weighted by atomic mass is 19.1. The lowest BCUT2D eigenvalue weighted by Crippen LogP contribution is -2.34. The highest BCUT2D eigenvalue weighted by Gasteiger charge is 2.26. The molecule has 2 aromatic rings. The fraction of sp³-hybridized carbons (Fsp3) is 0.476. The number of pyridine rings is 1. The summed E-state index contributed by atoms with van der Waals surface area (Å²) >= 11 is 0. The average molecular weight is 342 g/mol. The molecule has 1 aromatic heterocycles. The predicted molar refractivity (Wildman–Crippen MR) is 99.1 cm³/mol. The number of anilines is 1. The smallest absolute Gasteiger partial charge is 0.126 e. The quantitative estimate of drug-likeness (QED) is 0.892. The molecule has 0 aliphatic carbocycles. The summed E-state index contributed by atoms with van der Waals surface area (Å²) in [5.74, 6) is 0.571. The van der Waals surface area contributed by atoms with Crippen LogP contribution in [0.1, 0.15) is 43.4 Å². The van der Waals surface area contributed by atoms with E-state index in [0.717, 1.165) is 43.6 Å². The van der Waals surface area contributed by atoms with Crippen molar-refractivity contribution >= 4 is 5.69 Å². The minimum Gasteiger partial charge on any atom is -0.388 e. The number of hydrogen-bond acceptors (Lipinski definition) is 3. The van der Waals surface area contributed by atoms with Crippen LogP contribution >= 0.6 is 0 Å². The molecule has 134 valence electrons. The molecule has 0 amide bonds. The second kappa shape index (κ2) is 7.96. The first-order valence-corrected chi connectivity index (χ1v) is 9.13. The van der Waals surface area contributed by atoms with Crippen LogP contribution in [0.15, 0.2) is 42.7 Å². The van der Waals surface area contributed by atoms with Gasteiger partial charge in [-0.2, -0.15) is 0 Å². The first-order valence-electron chi connectivity index (χ1n) is 9.13. The molecule has 25 heavy (non-hydrogen) atoms. The summed E-state index contributed by atoms with van der Waals surface area (Å²) in [6.45, 7) is 5.91. The second-order valence-electron chi connectivity index (χ2n) is 7.35. The van der Waals surface area contributed by atoms with Crippen LogP contribution in [0.2, 0.25) is 0 Å². The second-order valence-corrected chi connectivity index (χ2v) is 7.35. The van der Waals surface area contributed by atoms with E-state index in [1.807, 2.05) is 31.2 Å². The first kappa shape index (κ1) is 17.9. The van der Waals surface area contributed by atoms with Crippen LogP contribution in [0.3, 0.4) is 0 Å². The molecule has 1 aromatic carbocycles. The average Bonchev–Trinajstić information content (AvgIpc) is 2.60. The van der Waals surface area contributed by atoms with Gasteiger partial charge in [0.2, 0.25) is 0 Å². The van der Waals surface area contributed by atoms with Crippen LogP contribution in [0.25, 0.3) is 0 Å². The van der Waals surface area contributed by atoms with Gasteiger partial charge >= 0.3 is 0 Å². The maximum Gasteiger partial charge on any atom is 0.126 e. The number of halogens is 1. The normalized spacial score (nSPS) is 23.0. The van der Waals surface area contributed by atoms with Gasteiger partial charge in [-0.15, -0.1) is 0 Å². The number of rotatable bonds is 3. The van der Waals surface area contributed by atoms with Crippen LogP contribution in [0.4, 0.5) is 10.1 Å². The van der Waals surface area contributed by atoms with E-state index in [0.29, 0.717) is 11.5 Å². The molecule has 3 atom stereocenters.